The Morgan fingerprint density at radius 1 is 0.548 bits per heavy atom. The van der Waals surface area contributed by atoms with Gasteiger partial charge in [0.05, 0.1) is 25.3 Å². The van der Waals surface area contributed by atoms with Crippen molar-refractivity contribution in [1.29, 1.82) is 0 Å². The highest BCUT2D eigenvalue weighted by Gasteiger charge is 2.36. The maximum Gasteiger partial charge on any atom is 0.259 e. The molecule has 0 fully saturated rings. The molecule has 1 aliphatic heterocycles. The van der Waals surface area contributed by atoms with E-state index in [4.69, 9.17) is 9.47 Å². The molecular weight excluding hydrogens is 390 g/mol. The third-order valence-corrected chi connectivity index (χ3v) is 5.65. The van der Waals surface area contributed by atoms with Gasteiger partial charge in [-0.25, -0.2) is 0 Å². The van der Waals surface area contributed by atoms with Crippen LogP contribution in [-0.2, 0) is 0 Å². The van der Waals surface area contributed by atoms with Gasteiger partial charge >= 0.3 is 0 Å². The van der Waals surface area contributed by atoms with Crippen LogP contribution >= 0.6 is 0 Å². The lowest BCUT2D eigenvalue weighted by Gasteiger charge is -2.19. The highest BCUT2D eigenvalue weighted by atomic mass is 16.5. The predicted molar refractivity (Wildman–Crippen MR) is 120 cm³/mol. The molecule has 0 radical (unpaired) electrons. The topological polar surface area (TPSA) is 64.6 Å². The van der Waals surface area contributed by atoms with Gasteiger partial charge in [0.15, 0.2) is 0 Å². The van der Waals surface area contributed by atoms with Crippen molar-refractivity contribution in [3.63, 3.8) is 0 Å². The van der Waals surface area contributed by atoms with Crippen molar-refractivity contribution in [2.24, 2.45) is 0 Å². The molecule has 0 bridgehead atoms. The van der Waals surface area contributed by atoms with Crippen LogP contribution in [0.5, 0.6) is 11.5 Å². The summed E-state index contributed by atoms with van der Waals surface area (Å²) < 4.78 is 11.2. The largest absolute Gasteiger partial charge is 0.496 e. The van der Waals surface area contributed by atoms with Gasteiger partial charge in [-0.05, 0) is 22.9 Å². The van der Waals surface area contributed by atoms with Crippen molar-refractivity contribution < 1.29 is 19.1 Å². The number of para-hydroxylation sites is 2. The number of fused-ring (bicyclic) bond motifs is 2. The van der Waals surface area contributed by atoms with E-state index in [2.05, 4.69) is 5.32 Å². The fraction of sp³-hybridized carbons (Fsp3) is 0.0769. The molecule has 4 aromatic carbocycles. The minimum Gasteiger partial charge on any atom is -0.496 e. The van der Waals surface area contributed by atoms with Crippen molar-refractivity contribution in [2.45, 2.75) is 0 Å². The normalized spacial score (nSPS) is 12.6. The van der Waals surface area contributed by atoms with Gasteiger partial charge in [0, 0.05) is 22.3 Å². The molecule has 2 amide bonds. The Bertz CT molecular complexity index is 1270. The van der Waals surface area contributed by atoms with E-state index in [0.717, 1.165) is 21.9 Å². The van der Waals surface area contributed by atoms with Crippen LogP contribution in [0.4, 0.5) is 0 Å². The van der Waals surface area contributed by atoms with Crippen LogP contribution in [-0.4, -0.2) is 26.0 Å². The van der Waals surface area contributed by atoms with Gasteiger partial charge < -0.3 is 9.47 Å². The first-order valence-corrected chi connectivity index (χ1v) is 9.87. The standard InChI is InChI=1S/C26H19NO4/c1-30-19-13-7-5-11-17(19)21-15-9-3-4-10-16(15)22(18-12-6-8-14-20(18)31-2)24-23(21)25(28)27-26(24)29/h3-14H,1-2H3,(H,27,28,29). The van der Waals surface area contributed by atoms with Gasteiger partial charge in [0.2, 0.25) is 0 Å². The summed E-state index contributed by atoms with van der Waals surface area (Å²) in [6.07, 6.45) is 0. The minimum absolute atomic E-state index is 0.356. The summed E-state index contributed by atoms with van der Waals surface area (Å²) >= 11 is 0. The molecule has 1 aliphatic rings. The average Bonchev–Trinajstić information content (AvgIpc) is 3.11. The predicted octanol–water partition coefficient (Wildman–Crippen LogP) is 5.07. The van der Waals surface area contributed by atoms with Gasteiger partial charge in [-0.3, -0.25) is 14.9 Å². The number of hydrogen-bond donors (Lipinski definition) is 1. The maximum atomic E-state index is 13.0. The second kappa shape index (κ2) is 7.29. The molecule has 4 aromatic rings. The first-order valence-electron chi connectivity index (χ1n) is 9.87. The molecule has 5 nitrogen and oxygen atoms in total. The molecule has 0 saturated heterocycles. The number of carbonyl (C=O) groups is 2. The molecule has 152 valence electrons. The number of ether oxygens (including phenoxy) is 2. The summed E-state index contributed by atoms with van der Waals surface area (Å²) in [5.41, 5.74) is 3.60. The molecule has 0 aromatic heterocycles. The summed E-state index contributed by atoms with van der Waals surface area (Å²) in [5.74, 6) is 0.435. The minimum atomic E-state index is -0.414. The Labute approximate surface area is 179 Å². The van der Waals surface area contributed by atoms with Crippen LogP contribution in [0.3, 0.4) is 0 Å². The molecule has 0 atom stereocenters. The number of hydrogen-bond acceptors (Lipinski definition) is 4. The van der Waals surface area contributed by atoms with Crippen LogP contribution < -0.4 is 14.8 Å². The number of methoxy groups -OCH3 is 2. The molecule has 0 spiro atoms. The zero-order chi connectivity index (χ0) is 21.5. The summed E-state index contributed by atoms with van der Waals surface area (Å²) in [4.78, 5) is 26.1. The molecule has 1 N–H and O–H groups in total. The maximum absolute atomic E-state index is 13.0. The quantitative estimate of drug-likeness (QED) is 0.478. The van der Waals surface area contributed by atoms with E-state index in [9.17, 15) is 9.59 Å². The first kappa shape index (κ1) is 18.9. The zero-order valence-corrected chi connectivity index (χ0v) is 17.1. The van der Waals surface area contributed by atoms with Crippen LogP contribution in [0, 0.1) is 0 Å². The Morgan fingerprint density at radius 3 is 1.35 bits per heavy atom. The second-order valence-electron chi connectivity index (χ2n) is 7.23. The first-order chi connectivity index (χ1) is 15.2. The highest BCUT2D eigenvalue weighted by molar-refractivity contribution is 6.31. The number of amides is 2. The Kier molecular flexibility index (Phi) is 4.44. The average molecular weight is 409 g/mol. The molecule has 5 heteroatoms. The van der Waals surface area contributed by atoms with Crippen molar-refractivity contribution in [2.75, 3.05) is 14.2 Å². The molecular formula is C26H19NO4. The number of imide groups is 1. The zero-order valence-electron chi connectivity index (χ0n) is 17.1. The van der Waals surface area contributed by atoms with Gasteiger partial charge in [-0.2, -0.15) is 0 Å². The number of rotatable bonds is 4. The summed E-state index contributed by atoms with van der Waals surface area (Å²) in [6.45, 7) is 0. The summed E-state index contributed by atoms with van der Waals surface area (Å²) in [5, 5.41) is 4.21. The van der Waals surface area contributed by atoms with Gasteiger partial charge in [-0.15, -0.1) is 0 Å². The fourth-order valence-corrected chi connectivity index (χ4v) is 4.38. The molecule has 1 heterocycles. The smallest absolute Gasteiger partial charge is 0.259 e. The van der Waals surface area contributed by atoms with Crippen molar-refractivity contribution >= 4 is 22.6 Å². The van der Waals surface area contributed by atoms with Crippen LogP contribution in [0.15, 0.2) is 72.8 Å². The van der Waals surface area contributed by atoms with Gasteiger partial charge in [0.1, 0.15) is 11.5 Å². The monoisotopic (exact) mass is 409 g/mol. The van der Waals surface area contributed by atoms with Crippen LogP contribution in [0.1, 0.15) is 20.7 Å². The van der Waals surface area contributed by atoms with Crippen molar-refractivity contribution in [1.82, 2.24) is 5.32 Å². The van der Waals surface area contributed by atoms with E-state index < -0.39 is 11.8 Å². The van der Waals surface area contributed by atoms with E-state index >= 15 is 0 Å². The Hall–Kier alpha value is -4.12. The summed E-state index contributed by atoms with van der Waals surface area (Å²) in [6, 6.07) is 22.8. The number of nitrogens with one attached hydrogen (secondary N) is 1. The van der Waals surface area contributed by atoms with E-state index in [1.807, 2.05) is 72.8 Å². The lowest BCUT2D eigenvalue weighted by molar-refractivity contribution is 0.0880. The SMILES string of the molecule is COc1ccccc1-c1c2c(c(-c3ccccc3OC)c3ccccc13)C(=O)NC2=O. The second-order valence-corrected chi connectivity index (χ2v) is 7.23. The highest BCUT2D eigenvalue weighted by Crippen LogP contribution is 2.47. The Morgan fingerprint density at radius 2 is 0.935 bits per heavy atom. The van der Waals surface area contributed by atoms with Crippen molar-refractivity contribution in [3.8, 4) is 33.8 Å². The third-order valence-electron chi connectivity index (χ3n) is 5.65. The molecule has 0 aliphatic carbocycles. The molecule has 0 unspecified atom stereocenters. The Balaban J connectivity index is 2.01. The lowest BCUT2D eigenvalue weighted by Crippen LogP contribution is -2.20. The van der Waals surface area contributed by atoms with E-state index in [0.29, 0.717) is 33.8 Å². The molecule has 0 saturated carbocycles. The van der Waals surface area contributed by atoms with Crippen LogP contribution in [0.25, 0.3) is 33.0 Å². The van der Waals surface area contributed by atoms with E-state index in [1.54, 1.807) is 14.2 Å². The van der Waals surface area contributed by atoms with Crippen LogP contribution in [0.2, 0.25) is 0 Å². The fourth-order valence-electron chi connectivity index (χ4n) is 4.38. The van der Waals surface area contributed by atoms with Gasteiger partial charge in [0.25, 0.3) is 11.8 Å². The third kappa shape index (κ3) is 2.78. The summed E-state index contributed by atoms with van der Waals surface area (Å²) in [7, 11) is 3.19. The number of carbonyl (C=O) groups excluding carboxylic acids is 2. The van der Waals surface area contributed by atoms with E-state index in [-0.39, 0.29) is 0 Å². The molecule has 31 heavy (non-hydrogen) atoms. The van der Waals surface area contributed by atoms with E-state index in [1.165, 1.54) is 0 Å². The van der Waals surface area contributed by atoms with Crippen molar-refractivity contribution in [3.05, 3.63) is 83.9 Å². The molecule has 5 rings (SSSR count). The lowest BCUT2D eigenvalue weighted by atomic mass is 9.84. The van der Waals surface area contributed by atoms with Gasteiger partial charge in [-0.1, -0.05) is 60.7 Å². The number of benzene rings is 4.